The molecule has 104 valence electrons. The predicted octanol–water partition coefficient (Wildman–Crippen LogP) is 2.03. The molecule has 0 bridgehead atoms. The van der Waals surface area contributed by atoms with Gasteiger partial charge in [-0.3, -0.25) is 9.59 Å². The van der Waals surface area contributed by atoms with Crippen molar-refractivity contribution in [2.75, 3.05) is 13.6 Å². The quantitative estimate of drug-likeness (QED) is 0.753. The smallest absolute Gasteiger partial charge is 0.220 e. The van der Waals surface area contributed by atoms with Gasteiger partial charge in [-0.15, -0.1) is 0 Å². The minimum absolute atomic E-state index is 0.0477. The lowest BCUT2D eigenvalue weighted by Crippen LogP contribution is -2.37. The molecule has 0 saturated heterocycles. The van der Waals surface area contributed by atoms with E-state index in [9.17, 15) is 9.59 Å². The Bertz CT molecular complexity index is 432. The Morgan fingerprint density at radius 3 is 2.42 bits per heavy atom. The van der Waals surface area contributed by atoms with E-state index in [0.717, 1.165) is 0 Å². The summed E-state index contributed by atoms with van der Waals surface area (Å²) in [6.07, 6.45) is 0.416. The Morgan fingerprint density at radius 2 is 1.84 bits per heavy atom. The number of Topliss-reactive ketones (excluding diaryl/α,β-unsaturated/α-hetero) is 1. The van der Waals surface area contributed by atoms with Crippen molar-refractivity contribution in [1.29, 1.82) is 0 Å². The van der Waals surface area contributed by atoms with E-state index >= 15 is 0 Å². The highest BCUT2D eigenvalue weighted by Gasteiger charge is 2.09. The van der Waals surface area contributed by atoms with Crippen LogP contribution in [0, 0.1) is 0 Å². The van der Waals surface area contributed by atoms with E-state index in [2.05, 4.69) is 10.6 Å². The van der Waals surface area contributed by atoms with Crippen LogP contribution in [0.2, 0.25) is 5.02 Å². The van der Waals surface area contributed by atoms with E-state index in [0.29, 0.717) is 17.1 Å². The molecule has 4 nitrogen and oxygen atoms in total. The fourth-order valence-corrected chi connectivity index (χ4v) is 1.59. The molecule has 1 amide bonds. The average molecular weight is 283 g/mol. The summed E-state index contributed by atoms with van der Waals surface area (Å²) < 4.78 is 0. The van der Waals surface area contributed by atoms with Crippen LogP contribution in [-0.2, 0) is 4.79 Å². The van der Waals surface area contributed by atoms with Crippen LogP contribution < -0.4 is 10.6 Å². The zero-order valence-corrected chi connectivity index (χ0v) is 12.0. The largest absolute Gasteiger partial charge is 0.355 e. The maximum Gasteiger partial charge on any atom is 0.220 e. The van der Waals surface area contributed by atoms with Gasteiger partial charge < -0.3 is 10.6 Å². The molecule has 1 unspecified atom stereocenters. The van der Waals surface area contributed by atoms with E-state index in [1.54, 1.807) is 24.3 Å². The summed E-state index contributed by atoms with van der Waals surface area (Å²) in [5.74, 6) is -0.155. The SMILES string of the molecule is CNC(C)CNC(=O)CCC(=O)c1ccc(Cl)cc1. The van der Waals surface area contributed by atoms with E-state index in [-0.39, 0.29) is 30.6 Å². The first-order valence-electron chi connectivity index (χ1n) is 6.25. The van der Waals surface area contributed by atoms with Crippen molar-refractivity contribution in [2.45, 2.75) is 25.8 Å². The molecule has 1 aromatic carbocycles. The molecule has 0 aliphatic heterocycles. The average Bonchev–Trinajstić information content (AvgIpc) is 2.42. The number of halogens is 1. The Morgan fingerprint density at radius 1 is 1.21 bits per heavy atom. The summed E-state index contributed by atoms with van der Waals surface area (Å²) in [7, 11) is 1.83. The minimum Gasteiger partial charge on any atom is -0.355 e. The Hall–Kier alpha value is -1.39. The van der Waals surface area contributed by atoms with Crippen LogP contribution in [0.25, 0.3) is 0 Å². The minimum atomic E-state index is -0.107. The topological polar surface area (TPSA) is 58.2 Å². The van der Waals surface area contributed by atoms with Crippen LogP contribution in [0.1, 0.15) is 30.1 Å². The maximum atomic E-state index is 11.8. The Kier molecular flexibility index (Phi) is 6.53. The number of carbonyl (C=O) groups is 2. The molecule has 0 radical (unpaired) electrons. The van der Waals surface area contributed by atoms with Gasteiger partial charge in [0.15, 0.2) is 5.78 Å². The summed E-state index contributed by atoms with van der Waals surface area (Å²) in [5, 5.41) is 6.39. The number of benzene rings is 1. The molecule has 2 N–H and O–H groups in total. The van der Waals surface area contributed by atoms with E-state index in [1.165, 1.54) is 0 Å². The first kappa shape index (κ1) is 15.7. The predicted molar refractivity (Wildman–Crippen MR) is 76.5 cm³/mol. The van der Waals surface area contributed by atoms with Crippen molar-refractivity contribution in [3.63, 3.8) is 0 Å². The monoisotopic (exact) mass is 282 g/mol. The number of carbonyl (C=O) groups excluding carboxylic acids is 2. The number of hydrogen-bond donors (Lipinski definition) is 2. The molecule has 0 spiro atoms. The van der Waals surface area contributed by atoms with Gasteiger partial charge in [-0.2, -0.15) is 0 Å². The third-order valence-corrected chi connectivity index (χ3v) is 3.10. The van der Waals surface area contributed by atoms with E-state index < -0.39 is 0 Å². The molecule has 0 aliphatic carbocycles. The van der Waals surface area contributed by atoms with Crippen molar-refractivity contribution in [1.82, 2.24) is 10.6 Å². The van der Waals surface area contributed by atoms with Gasteiger partial charge in [-0.1, -0.05) is 11.6 Å². The lowest BCUT2D eigenvalue weighted by molar-refractivity contribution is -0.121. The molecule has 1 atom stereocenters. The van der Waals surface area contributed by atoms with Crippen LogP contribution in [0.4, 0.5) is 0 Å². The second-order valence-corrected chi connectivity index (χ2v) is 4.86. The van der Waals surface area contributed by atoms with Crippen molar-refractivity contribution < 1.29 is 9.59 Å². The van der Waals surface area contributed by atoms with Gasteiger partial charge >= 0.3 is 0 Å². The Labute approximate surface area is 118 Å². The number of rotatable bonds is 7. The third-order valence-electron chi connectivity index (χ3n) is 2.84. The Balaban J connectivity index is 2.34. The lowest BCUT2D eigenvalue weighted by Gasteiger charge is -2.11. The van der Waals surface area contributed by atoms with Gasteiger partial charge in [0.1, 0.15) is 0 Å². The first-order valence-corrected chi connectivity index (χ1v) is 6.63. The maximum absolute atomic E-state index is 11.8. The highest BCUT2D eigenvalue weighted by Crippen LogP contribution is 2.11. The van der Waals surface area contributed by atoms with Crippen molar-refractivity contribution >= 4 is 23.3 Å². The number of hydrogen-bond acceptors (Lipinski definition) is 3. The molecular weight excluding hydrogens is 264 g/mol. The summed E-state index contributed by atoms with van der Waals surface area (Å²) in [6, 6.07) is 6.90. The molecule has 0 saturated carbocycles. The van der Waals surface area contributed by atoms with Crippen LogP contribution in [0.3, 0.4) is 0 Å². The standard InChI is InChI=1S/C14H19ClN2O2/c1-10(16-2)9-17-14(19)8-7-13(18)11-3-5-12(15)6-4-11/h3-6,10,16H,7-9H2,1-2H3,(H,17,19). The zero-order valence-electron chi connectivity index (χ0n) is 11.2. The number of nitrogens with one attached hydrogen (secondary N) is 2. The summed E-state index contributed by atoms with van der Waals surface area (Å²) >= 11 is 5.75. The van der Waals surface area contributed by atoms with Crippen LogP contribution >= 0.6 is 11.6 Å². The molecule has 5 heteroatoms. The number of amides is 1. The molecule has 0 aliphatic rings. The fourth-order valence-electron chi connectivity index (χ4n) is 1.46. The number of likely N-dealkylation sites (N-methyl/N-ethyl adjacent to an activating group) is 1. The van der Waals surface area contributed by atoms with Gasteiger partial charge in [0.05, 0.1) is 0 Å². The molecule has 1 aromatic rings. The van der Waals surface area contributed by atoms with Crippen LogP contribution in [0.5, 0.6) is 0 Å². The molecule has 0 fully saturated rings. The summed E-state index contributed by atoms with van der Waals surface area (Å²) in [5.41, 5.74) is 0.584. The van der Waals surface area contributed by atoms with E-state index in [1.807, 2.05) is 14.0 Å². The highest BCUT2D eigenvalue weighted by molar-refractivity contribution is 6.30. The number of ketones is 1. The van der Waals surface area contributed by atoms with Gasteiger partial charge in [0.25, 0.3) is 0 Å². The normalized spacial score (nSPS) is 11.9. The van der Waals surface area contributed by atoms with Crippen molar-refractivity contribution in [2.24, 2.45) is 0 Å². The van der Waals surface area contributed by atoms with E-state index in [4.69, 9.17) is 11.6 Å². The zero-order chi connectivity index (χ0) is 14.3. The summed E-state index contributed by atoms with van der Waals surface area (Å²) in [6.45, 7) is 2.53. The van der Waals surface area contributed by atoms with Gasteiger partial charge in [-0.05, 0) is 38.2 Å². The highest BCUT2D eigenvalue weighted by atomic mass is 35.5. The van der Waals surface area contributed by atoms with Crippen molar-refractivity contribution in [3.05, 3.63) is 34.9 Å². The fraction of sp³-hybridized carbons (Fsp3) is 0.429. The molecular formula is C14H19ClN2O2. The molecule has 0 aromatic heterocycles. The molecule has 19 heavy (non-hydrogen) atoms. The van der Waals surface area contributed by atoms with Crippen molar-refractivity contribution in [3.8, 4) is 0 Å². The third kappa shape index (κ3) is 5.85. The molecule has 1 rings (SSSR count). The lowest BCUT2D eigenvalue weighted by atomic mass is 10.1. The second-order valence-electron chi connectivity index (χ2n) is 4.42. The van der Waals surface area contributed by atoms with Gasteiger partial charge in [0.2, 0.25) is 5.91 Å². The van der Waals surface area contributed by atoms with Crippen LogP contribution in [-0.4, -0.2) is 31.3 Å². The first-order chi connectivity index (χ1) is 9.02. The second kappa shape index (κ2) is 7.92. The van der Waals surface area contributed by atoms with Gasteiger partial charge in [0, 0.05) is 36.0 Å². The molecule has 0 heterocycles. The van der Waals surface area contributed by atoms with Crippen LogP contribution in [0.15, 0.2) is 24.3 Å². The summed E-state index contributed by atoms with van der Waals surface area (Å²) in [4.78, 5) is 23.4. The van der Waals surface area contributed by atoms with Gasteiger partial charge in [-0.25, -0.2) is 0 Å².